The summed E-state index contributed by atoms with van der Waals surface area (Å²) in [6, 6.07) is 4.18. The van der Waals surface area contributed by atoms with Gasteiger partial charge in [0, 0.05) is 17.8 Å². The second-order valence-electron chi connectivity index (χ2n) is 5.23. The van der Waals surface area contributed by atoms with Gasteiger partial charge in [-0.3, -0.25) is 4.98 Å². The van der Waals surface area contributed by atoms with Crippen molar-refractivity contribution in [2.24, 2.45) is 5.92 Å². The molecule has 0 spiro atoms. The molecular weight excluding hydrogens is 198 g/mol. The Hall–Kier alpha value is -0.890. The summed E-state index contributed by atoms with van der Waals surface area (Å²) in [5, 5.41) is 10.4. The number of hydrogen-bond donors (Lipinski definition) is 1. The Bertz CT molecular complexity index is 373. The van der Waals surface area contributed by atoms with Gasteiger partial charge >= 0.3 is 0 Å². The van der Waals surface area contributed by atoms with Gasteiger partial charge in [-0.15, -0.1) is 0 Å². The van der Waals surface area contributed by atoms with E-state index >= 15 is 0 Å². The highest BCUT2D eigenvalue weighted by Crippen LogP contribution is 2.40. The smallest absolute Gasteiger partial charge is 0.0652 e. The summed E-state index contributed by atoms with van der Waals surface area (Å²) in [5.41, 5.74) is 2.53. The second-order valence-corrected chi connectivity index (χ2v) is 5.23. The molecule has 1 N–H and O–H groups in total. The van der Waals surface area contributed by atoms with Crippen molar-refractivity contribution >= 4 is 0 Å². The topological polar surface area (TPSA) is 33.1 Å². The van der Waals surface area contributed by atoms with Crippen molar-refractivity contribution in [3.63, 3.8) is 0 Å². The molecule has 0 aromatic carbocycles. The minimum atomic E-state index is -0.150. The normalized spacial score (nSPS) is 26.9. The van der Waals surface area contributed by atoms with Gasteiger partial charge in [0.25, 0.3) is 0 Å². The lowest BCUT2D eigenvalue weighted by molar-refractivity contribution is 0.0340. The third-order valence-electron chi connectivity index (χ3n) is 4.28. The molecule has 2 atom stereocenters. The Morgan fingerprint density at radius 3 is 2.88 bits per heavy atom. The standard InChI is InChI=1S/C14H19NO/c16-14(11-5-1-6-11)12-8-2-4-10-7-3-9-15-13(10)12/h3,7,9,11-12,14,16H,1-2,4-6,8H2. The molecule has 2 heteroatoms. The van der Waals surface area contributed by atoms with E-state index in [1.54, 1.807) is 0 Å². The molecule has 1 aromatic heterocycles. The summed E-state index contributed by atoms with van der Waals surface area (Å²) in [6.45, 7) is 0. The van der Waals surface area contributed by atoms with E-state index in [2.05, 4.69) is 11.1 Å². The van der Waals surface area contributed by atoms with Crippen molar-refractivity contribution < 1.29 is 5.11 Å². The number of aromatic nitrogens is 1. The van der Waals surface area contributed by atoms with Crippen LogP contribution < -0.4 is 0 Å². The van der Waals surface area contributed by atoms with E-state index in [0.717, 1.165) is 12.8 Å². The van der Waals surface area contributed by atoms with Gasteiger partial charge in [0.05, 0.1) is 6.10 Å². The summed E-state index contributed by atoms with van der Waals surface area (Å²) in [7, 11) is 0. The van der Waals surface area contributed by atoms with Gasteiger partial charge in [-0.2, -0.15) is 0 Å². The number of nitrogens with zero attached hydrogens (tertiary/aromatic N) is 1. The summed E-state index contributed by atoms with van der Waals surface area (Å²) in [4.78, 5) is 4.50. The number of aliphatic hydroxyl groups excluding tert-OH is 1. The number of aliphatic hydroxyl groups is 1. The van der Waals surface area contributed by atoms with Crippen LogP contribution in [0.1, 0.15) is 49.3 Å². The number of aryl methyl sites for hydroxylation is 1. The minimum Gasteiger partial charge on any atom is -0.392 e. The average Bonchev–Trinajstić information content (AvgIpc) is 2.26. The maximum Gasteiger partial charge on any atom is 0.0652 e. The first-order chi connectivity index (χ1) is 7.86. The van der Waals surface area contributed by atoms with E-state index in [4.69, 9.17) is 0 Å². The van der Waals surface area contributed by atoms with Crippen LogP contribution in [-0.2, 0) is 6.42 Å². The first kappa shape index (κ1) is 10.3. The van der Waals surface area contributed by atoms with Crippen molar-refractivity contribution in [1.82, 2.24) is 4.98 Å². The lowest BCUT2D eigenvalue weighted by Gasteiger charge is -2.37. The van der Waals surface area contributed by atoms with Crippen molar-refractivity contribution in [2.45, 2.75) is 50.5 Å². The molecule has 2 nitrogen and oxygen atoms in total. The van der Waals surface area contributed by atoms with Gasteiger partial charge in [-0.1, -0.05) is 12.5 Å². The lowest BCUT2D eigenvalue weighted by Crippen LogP contribution is -2.34. The molecule has 1 fully saturated rings. The van der Waals surface area contributed by atoms with Crippen LogP contribution in [0.3, 0.4) is 0 Å². The summed E-state index contributed by atoms with van der Waals surface area (Å²) < 4.78 is 0. The van der Waals surface area contributed by atoms with Crippen LogP contribution in [0.25, 0.3) is 0 Å². The summed E-state index contributed by atoms with van der Waals surface area (Å²) in [6.07, 6.45) is 8.88. The maximum absolute atomic E-state index is 10.4. The molecule has 0 radical (unpaired) electrons. The highest BCUT2D eigenvalue weighted by Gasteiger charge is 2.35. The molecule has 1 heterocycles. The van der Waals surface area contributed by atoms with Crippen molar-refractivity contribution in [2.75, 3.05) is 0 Å². The van der Waals surface area contributed by atoms with Gasteiger partial charge in [0.15, 0.2) is 0 Å². The van der Waals surface area contributed by atoms with Crippen LogP contribution in [0.15, 0.2) is 18.3 Å². The Labute approximate surface area is 96.7 Å². The maximum atomic E-state index is 10.4. The minimum absolute atomic E-state index is 0.150. The highest BCUT2D eigenvalue weighted by atomic mass is 16.3. The van der Waals surface area contributed by atoms with Gasteiger partial charge in [-0.25, -0.2) is 0 Å². The first-order valence-electron chi connectivity index (χ1n) is 6.48. The second kappa shape index (κ2) is 4.17. The van der Waals surface area contributed by atoms with Crippen LogP contribution in [0.5, 0.6) is 0 Å². The molecular formula is C14H19NO. The molecule has 0 aliphatic heterocycles. The number of pyridine rings is 1. The van der Waals surface area contributed by atoms with E-state index in [1.807, 2.05) is 12.3 Å². The lowest BCUT2D eigenvalue weighted by atomic mass is 9.72. The highest BCUT2D eigenvalue weighted by molar-refractivity contribution is 5.27. The van der Waals surface area contributed by atoms with Gasteiger partial charge in [-0.05, 0) is 49.7 Å². The predicted molar refractivity (Wildman–Crippen MR) is 63.3 cm³/mol. The number of hydrogen-bond acceptors (Lipinski definition) is 2. The van der Waals surface area contributed by atoms with Crippen LogP contribution in [0.4, 0.5) is 0 Å². The number of fused-ring (bicyclic) bond motifs is 1. The van der Waals surface area contributed by atoms with Gasteiger partial charge < -0.3 is 5.11 Å². The largest absolute Gasteiger partial charge is 0.392 e. The zero-order valence-electron chi connectivity index (χ0n) is 9.60. The molecule has 3 rings (SSSR count). The quantitative estimate of drug-likeness (QED) is 0.826. The Balaban J connectivity index is 1.86. The Morgan fingerprint density at radius 1 is 1.25 bits per heavy atom. The van der Waals surface area contributed by atoms with E-state index in [-0.39, 0.29) is 6.10 Å². The molecule has 2 unspecified atom stereocenters. The van der Waals surface area contributed by atoms with E-state index < -0.39 is 0 Å². The monoisotopic (exact) mass is 217 g/mol. The molecule has 1 saturated carbocycles. The first-order valence-corrected chi connectivity index (χ1v) is 6.48. The number of rotatable bonds is 2. The Morgan fingerprint density at radius 2 is 2.12 bits per heavy atom. The summed E-state index contributed by atoms with van der Waals surface area (Å²) >= 11 is 0. The predicted octanol–water partition coefficient (Wildman–Crippen LogP) is 2.66. The molecule has 1 aromatic rings. The van der Waals surface area contributed by atoms with Crippen LogP contribution in [0.2, 0.25) is 0 Å². The van der Waals surface area contributed by atoms with Gasteiger partial charge in [0.2, 0.25) is 0 Å². The van der Waals surface area contributed by atoms with E-state index in [1.165, 1.54) is 36.9 Å². The molecule has 0 bridgehead atoms. The third kappa shape index (κ3) is 1.65. The fourth-order valence-electron chi connectivity index (χ4n) is 3.09. The summed E-state index contributed by atoms with van der Waals surface area (Å²) in [5.74, 6) is 0.841. The van der Waals surface area contributed by atoms with Gasteiger partial charge in [0.1, 0.15) is 0 Å². The van der Waals surface area contributed by atoms with Crippen LogP contribution in [-0.4, -0.2) is 16.2 Å². The molecule has 2 aliphatic carbocycles. The third-order valence-corrected chi connectivity index (χ3v) is 4.28. The Kier molecular flexibility index (Phi) is 2.68. The molecule has 86 valence electrons. The van der Waals surface area contributed by atoms with Crippen molar-refractivity contribution in [3.05, 3.63) is 29.6 Å². The molecule has 16 heavy (non-hydrogen) atoms. The molecule has 2 aliphatic rings. The van der Waals surface area contributed by atoms with Crippen LogP contribution in [0, 0.1) is 5.92 Å². The SMILES string of the molecule is OC(C1CCC1)C1CCCc2cccnc21. The molecule has 0 saturated heterocycles. The zero-order valence-corrected chi connectivity index (χ0v) is 9.60. The van der Waals surface area contributed by atoms with Crippen molar-refractivity contribution in [1.29, 1.82) is 0 Å². The fourth-order valence-corrected chi connectivity index (χ4v) is 3.09. The zero-order chi connectivity index (χ0) is 11.0. The van der Waals surface area contributed by atoms with Crippen molar-refractivity contribution in [3.8, 4) is 0 Å². The average molecular weight is 217 g/mol. The van der Waals surface area contributed by atoms with E-state index in [9.17, 15) is 5.11 Å². The fraction of sp³-hybridized carbons (Fsp3) is 0.643. The molecule has 0 amide bonds. The van der Waals surface area contributed by atoms with Crippen LogP contribution >= 0.6 is 0 Å². The van der Waals surface area contributed by atoms with E-state index in [0.29, 0.717) is 11.8 Å².